The number of rotatable bonds is 4. The molecule has 3 heterocycles. The molecule has 3 aromatic rings. The van der Waals surface area contributed by atoms with Crippen LogP contribution < -0.4 is 5.56 Å². The highest BCUT2D eigenvalue weighted by molar-refractivity contribution is 7.09. The molecule has 1 atom stereocenters. The zero-order chi connectivity index (χ0) is 18.0. The Labute approximate surface area is 148 Å². The summed E-state index contributed by atoms with van der Waals surface area (Å²) in [5, 5.41) is 2.69. The summed E-state index contributed by atoms with van der Waals surface area (Å²) in [7, 11) is 1.66. The number of amides is 1. The minimum atomic E-state index is -0.477. The smallest absolute Gasteiger partial charge is 0.264 e. The molecular formula is C17H17N5O2S. The Morgan fingerprint density at radius 2 is 2.04 bits per heavy atom. The molecule has 8 heteroatoms. The van der Waals surface area contributed by atoms with Gasteiger partial charge in [0.2, 0.25) is 0 Å². The number of nitrogens with zero attached hydrogens (tertiary/aromatic N) is 4. The van der Waals surface area contributed by atoms with Crippen molar-refractivity contribution in [3.8, 4) is 11.5 Å². The third-order valence-electron chi connectivity index (χ3n) is 3.98. The summed E-state index contributed by atoms with van der Waals surface area (Å²) in [6.07, 6.45) is 4.65. The van der Waals surface area contributed by atoms with Crippen molar-refractivity contribution in [3.05, 3.63) is 62.6 Å². The standard InChI is InChI=1S/C17H17N5O2S/c1-10(12-4-6-18-7-5-12)22(3)17(24)13-8-19-15(21-16(13)23)14-9-25-11(2)20-14/h4-10H,1-3H3,(H,19,21,23). The molecule has 0 aliphatic carbocycles. The maximum atomic E-state index is 12.7. The van der Waals surface area contributed by atoms with Gasteiger partial charge in [-0.25, -0.2) is 9.97 Å². The molecule has 128 valence electrons. The van der Waals surface area contributed by atoms with E-state index >= 15 is 0 Å². The van der Waals surface area contributed by atoms with Gasteiger partial charge in [0.05, 0.1) is 11.0 Å². The second-order valence-electron chi connectivity index (χ2n) is 5.60. The predicted octanol–water partition coefficient (Wildman–Crippen LogP) is 2.43. The van der Waals surface area contributed by atoms with E-state index in [4.69, 9.17) is 0 Å². The molecule has 3 aromatic heterocycles. The summed E-state index contributed by atoms with van der Waals surface area (Å²) in [6.45, 7) is 3.76. The monoisotopic (exact) mass is 355 g/mol. The Hall–Kier alpha value is -2.87. The van der Waals surface area contributed by atoms with Crippen LogP contribution >= 0.6 is 11.3 Å². The van der Waals surface area contributed by atoms with Gasteiger partial charge in [-0.3, -0.25) is 14.6 Å². The van der Waals surface area contributed by atoms with E-state index in [2.05, 4.69) is 19.9 Å². The van der Waals surface area contributed by atoms with Crippen molar-refractivity contribution in [3.63, 3.8) is 0 Å². The molecule has 0 aliphatic rings. The van der Waals surface area contributed by atoms with Crippen LogP contribution in [0.15, 0.2) is 40.9 Å². The van der Waals surface area contributed by atoms with Crippen LogP contribution in [0.4, 0.5) is 0 Å². The van der Waals surface area contributed by atoms with Crippen LogP contribution in [0.2, 0.25) is 0 Å². The number of thiazole rings is 1. The fourth-order valence-corrected chi connectivity index (χ4v) is 2.98. The molecule has 0 aliphatic heterocycles. The number of carbonyl (C=O) groups excluding carboxylic acids is 1. The van der Waals surface area contributed by atoms with Crippen LogP contribution in [0, 0.1) is 6.92 Å². The second-order valence-corrected chi connectivity index (χ2v) is 6.66. The molecule has 3 rings (SSSR count). The zero-order valence-corrected chi connectivity index (χ0v) is 14.9. The zero-order valence-electron chi connectivity index (χ0n) is 14.1. The van der Waals surface area contributed by atoms with Crippen molar-refractivity contribution in [2.75, 3.05) is 7.05 Å². The molecule has 25 heavy (non-hydrogen) atoms. The van der Waals surface area contributed by atoms with E-state index in [9.17, 15) is 9.59 Å². The molecule has 0 bridgehead atoms. The Kier molecular flexibility index (Phi) is 4.71. The normalized spacial score (nSPS) is 12.0. The number of aromatic nitrogens is 4. The van der Waals surface area contributed by atoms with E-state index in [0.717, 1.165) is 10.6 Å². The van der Waals surface area contributed by atoms with Crippen LogP contribution in [-0.4, -0.2) is 37.8 Å². The number of nitrogens with one attached hydrogen (secondary N) is 1. The quantitative estimate of drug-likeness (QED) is 0.776. The van der Waals surface area contributed by atoms with Crippen molar-refractivity contribution in [1.82, 2.24) is 24.8 Å². The van der Waals surface area contributed by atoms with Gasteiger partial charge in [-0.05, 0) is 31.5 Å². The fourth-order valence-electron chi connectivity index (χ4n) is 2.38. The number of hydrogen-bond acceptors (Lipinski definition) is 6. The summed E-state index contributed by atoms with van der Waals surface area (Å²) in [5.41, 5.74) is 1.05. The maximum Gasteiger partial charge on any atom is 0.264 e. The van der Waals surface area contributed by atoms with E-state index in [1.54, 1.807) is 19.4 Å². The van der Waals surface area contributed by atoms with Crippen molar-refractivity contribution < 1.29 is 4.79 Å². The van der Waals surface area contributed by atoms with Crippen molar-refractivity contribution >= 4 is 17.2 Å². The lowest BCUT2D eigenvalue weighted by Crippen LogP contribution is -2.34. The first kappa shape index (κ1) is 17.0. The van der Waals surface area contributed by atoms with Gasteiger partial charge in [0.15, 0.2) is 5.82 Å². The average molecular weight is 355 g/mol. The predicted molar refractivity (Wildman–Crippen MR) is 95.4 cm³/mol. The topological polar surface area (TPSA) is 91.8 Å². The fraction of sp³-hybridized carbons (Fsp3) is 0.235. The van der Waals surface area contributed by atoms with Gasteiger partial charge in [0, 0.05) is 31.0 Å². The summed E-state index contributed by atoms with van der Waals surface area (Å²) < 4.78 is 0. The van der Waals surface area contributed by atoms with E-state index in [1.807, 2.05) is 31.4 Å². The number of pyridine rings is 1. The third kappa shape index (κ3) is 3.48. The lowest BCUT2D eigenvalue weighted by Gasteiger charge is -2.24. The van der Waals surface area contributed by atoms with Gasteiger partial charge in [0.25, 0.3) is 11.5 Å². The third-order valence-corrected chi connectivity index (χ3v) is 4.75. The van der Waals surface area contributed by atoms with Crippen molar-refractivity contribution in [1.29, 1.82) is 0 Å². The molecule has 0 fully saturated rings. The second kappa shape index (κ2) is 6.94. The molecule has 1 N–H and O–H groups in total. The first-order valence-corrected chi connectivity index (χ1v) is 8.54. The Bertz CT molecular complexity index is 951. The number of aryl methyl sites for hydroxylation is 1. The van der Waals surface area contributed by atoms with Crippen molar-refractivity contribution in [2.45, 2.75) is 19.9 Å². The molecule has 0 aromatic carbocycles. The minimum Gasteiger partial charge on any atom is -0.335 e. The van der Waals surface area contributed by atoms with Gasteiger partial charge in [0.1, 0.15) is 11.3 Å². The molecule has 1 unspecified atom stereocenters. The molecule has 0 saturated heterocycles. The first-order chi connectivity index (χ1) is 12.0. The summed E-state index contributed by atoms with van der Waals surface area (Å²) in [6, 6.07) is 3.48. The lowest BCUT2D eigenvalue weighted by molar-refractivity contribution is 0.0740. The molecule has 7 nitrogen and oxygen atoms in total. The Morgan fingerprint density at radius 1 is 1.32 bits per heavy atom. The van der Waals surface area contributed by atoms with E-state index in [-0.39, 0.29) is 17.5 Å². The van der Waals surface area contributed by atoms with Crippen LogP contribution in [0.1, 0.15) is 33.9 Å². The molecule has 0 saturated carbocycles. The Balaban J connectivity index is 1.86. The first-order valence-electron chi connectivity index (χ1n) is 7.66. The van der Waals surface area contributed by atoms with Gasteiger partial charge < -0.3 is 9.88 Å². The van der Waals surface area contributed by atoms with E-state index in [1.165, 1.54) is 22.4 Å². The summed E-state index contributed by atoms with van der Waals surface area (Å²) >= 11 is 1.47. The van der Waals surface area contributed by atoms with E-state index in [0.29, 0.717) is 11.5 Å². The highest BCUT2D eigenvalue weighted by atomic mass is 32.1. The average Bonchev–Trinajstić information content (AvgIpc) is 3.07. The van der Waals surface area contributed by atoms with Crippen LogP contribution in [0.3, 0.4) is 0 Å². The van der Waals surface area contributed by atoms with Crippen molar-refractivity contribution in [2.24, 2.45) is 0 Å². The lowest BCUT2D eigenvalue weighted by atomic mass is 10.1. The molecule has 1 amide bonds. The Morgan fingerprint density at radius 3 is 2.64 bits per heavy atom. The van der Waals surface area contributed by atoms with Gasteiger partial charge >= 0.3 is 0 Å². The number of H-pyrrole nitrogens is 1. The largest absolute Gasteiger partial charge is 0.335 e. The minimum absolute atomic E-state index is 0.000826. The van der Waals surface area contributed by atoms with Crippen LogP contribution in [-0.2, 0) is 0 Å². The number of hydrogen-bond donors (Lipinski definition) is 1. The van der Waals surface area contributed by atoms with Gasteiger partial charge in [-0.2, -0.15) is 0 Å². The summed E-state index contributed by atoms with van der Waals surface area (Å²) in [5.74, 6) is -0.0326. The molecule has 0 radical (unpaired) electrons. The van der Waals surface area contributed by atoms with E-state index < -0.39 is 5.56 Å². The highest BCUT2D eigenvalue weighted by Crippen LogP contribution is 2.20. The number of aromatic amines is 1. The van der Waals surface area contributed by atoms with Gasteiger partial charge in [-0.1, -0.05) is 0 Å². The maximum absolute atomic E-state index is 12.7. The van der Waals surface area contributed by atoms with Crippen LogP contribution in [0.5, 0.6) is 0 Å². The van der Waals surface area contributed by atoms with Crippen LogP contribution in [0.25, 0.3) is 11.5 Å². The SMILES string of the molecule is Cc1nc(-c2ncc(C(=O)N(C)C(C)c3ccncc3)c(=O)[nH]2)cs1. The number of carbonyl (C=O) groups is 1. The summed E-state index contributed by atoms with van der Waals surface area (Å²) in [4.78, 5) is 41.6. The highest BCUT2D eigenvalue weighted by Gasteiger charge is 2.22. The molecular weight excluding hydrogens is 338 g/mol. The van der Waals surface area contributed by atoms with Gasteiger partial charge in [-0.15, -0.1) is 11.3 Å². The molecule has 0 spiro atoms.